The first kappa shape index (κ1) is 18.7. The molecular weight excluding hydrogens is 366 g/mol. The van der Waals surface area contributed by atoms with Crippen LogP contribution < -0.4 is 0 Å². The van der Waals surface area contributed by atoms with E-state index in [1.54, 1.807) is 5.06 Å². The van der Waals surface area contributed by atoms with Gasteiger partial charge in [-0.2, -0.15) is 0 Å². The van der Waals surface area contributed by atoms with Crippen molar-refractivity contribution < 1.29 is 9.63 Å². The molecule has 3 nitrogen and oxygen atoms in total. The van der Waals surface area contributed by atoms with Crippen LogP contribution in [-0.4, -0.2) is 29.5 Å². The van der Waals surface area contributed by atoms with Crippen molar-refractivity contribution in [3.8, 4) is 0 Å². The second-order valence-electron chi connectivity index (χ2n) is 5.57. The smallest absolute Gasteiger partial charge is 0.336 e. The quantitative estimate of drug-likeness (QED) is 0.705. The van der Waals surface area contributed by atoms with E-state index in [1.807, 2.05) is 67.6 Å². The first-order chi connectivity index (χ1) is 11.8. The molecule has 0 unspecified atom stereocenters. The summed E-state index contributed by atoms with van der Waals surface area (Å²) in [5.74, 6) is -0.567. The first-order valence-electron chi connectivity index (χ1n) is 8.39. The molecule has 0 spiro atoms. The Labute approximate surface area is 152 Å². The van der Waals surface area contributed by atoms with E-state index in [1.165, 1.54) is 0 Å². The molecular formula is C20H24BrNO2. The first-order valence-corrected chi connectivity index (χ1v) is 9.51. The van der Waals surface area contributed by atoms with Crippen molar-refractivity contribution in [1.82, 2.24) is 5.06 Å². The Morgan fingerprint density at radius 2 is 1.42 bits per heavy atom. The molecule has 0 bridgehead atoms. The number of benzene rings is 2. The van der Waals surface area contributed by atoms with Crippen molar-refractivity contribution in [2.75, 3.05) is 18.4 Å². The molecule has 1 aliphatic heterocycles. The van der Waals surface area contributed by atoms with Crippen LogP contribution in [0.15, 0.2) is 60.7 Å². The molecule has 3 rings (SSSR count). The molecule has 0 radical (unpaired) electrons. The highest BCUT2D eigenvalue weighted by Crippen LogP contribution is 2.26. The maximum Gasteiger partial charge on any atom is 0.336 e. The lowest BCUT2D eigenvalue weighted by Crippen LogP contribution is -2.28. The highest BCUT2D eigenvalue weighted by molar-refractivity contribution is 9.09. The van der Waals surface area contributed by atoms with Gasteiger partial charge in [0.15, 0.2) is 0 Å². The fourth-order valence-electron chi connectivity index (χ4n) is 2.71. The van der Waals surface area contributed by atoms with Crippen LogP contribution in [0.3, 0.4) is 0 Å². The Morgan fingerprint density at radius 1 is 1.00 bits per heavy atom. The fraction of sp³-hybridized carbons (Fsp3) is 0.350. The highest BCUT2D eigenvalue weighted by atomic mass is 79.9. The number of carbonyl (C=O) groups is 1. The second kappa shape index (κ2) is 10.3. The third-order valence-electron chi connectivity index (χ3n) is 3.79. The van der Waals surface area contributed by atoms with Crippen molar-refractivity contribution >= 4 is 21.9 Å². The summed E-state index contributed by atoms with van der Waals surface area (Å²) in [6, 6.07) is 19.6. The number of nitrogens with zero attached hydrogens (tertiary/aromatic N) is 1. The van der Waals surface area contributed by atoms with E-state index >= 15 is 0 Å². The van der Waals surface area contributed by atoms with E-state index in [-0.39, 0.29) is 11.9 Å². The maximum atomic E-state index is 12.6. The van der Waals surface area contributed by atoms with Gasteiger partial charge in [0.25, 0.3) is 0 Å². The number of hydrogen-bond acceptors (Lipinski definition) is 3. The van der Waals surface area contributed by atoms with Crippen LogP contribution in [0.1, 0.15) is 36.8 Å². The van der Waals surface area contributed by atoms with Gasteiger partial charge in [0.05, 0.1) is 0 Å². The molecule has 1 fully saturated rings. The van der Waals surface area contributed by atoms with Gasteiger partial charge in [0.1, 0.15) is 5.92 Å². The summed E-state index contributed by atoms with van der Waals surface area (Å²) in [5.41, 5.74) is 1.93. The predicted molar refractivity (Wildman–Crippen MR) is 101 cm³/mol. The molecule has 0 atom stereocenters. The number of alkyl halides is 1. The van der Waals surface area contributed by atoms with Gasteiger partial charge >= 0.3 is 5.97 Å². The Hall–Kier alpha value is -1.65. The minimum Gasteiger partial charge on any atom is -0.367 e. The Bertz CT molecular complexity index is 558. The number of hydroxylamine groups is 2. The molecule has 128 valence electrons. The summed E-state index contributed by atoms with van der Waals surface area (Å²) in [5, 5.41) is 2.84. The van der Waals surface area contributed by atoms with Gasteiger partial charge in [-0.3, -0.25) is 0 Å². The third-order valence-corrected chi connectivity index (χ3v) is 3.79. The molecule has 4 heteroatoms. The van der Waals surface area contributed by atoms with Crippen LogP contribution in [0.4, 0.5) is 0 Å². The van der Waals surface area contributed by atoms with Crippen LogP contribution >= 0.6 is 15.9 Å². The number of rotatable bonds is 4. The molecule has 0 aromatic heterocycles. The van der Waals surface area contributed by atoms with Gasteiger partial charge < -0.3 is 4.84 Å². The summed E-state index contributed by atoms with van der Waals surface area (Å²) in [6.07, 6.45) is 2.18. The van der Waals surface area contributed by atoms with Crippen LogP contribution in [0.25, 0.3) is 0 Å². The lowest BCUT2D eigenvalue weighted by molar-refractivity contribution is -0.186. The van der Waals surface area contributed by atoms with E-state index in [2.05, 4.69) is 15.9 Å². The molecule has 1 heterocycles. The van der Waals surface area contributed by atoms with E-state index in [0.717, 1.165) is 42.4 Å². The Morgan fingerprint density at radius 3 is 1.83 bits per heavy atom. The van der Waals surface area contributed by atoms with Gasteiger partial charge in [0, 0.05) is 18.4 Å². The van der Waals surface area contributed by atoms with Crippen LogP contribution in [0, 0.1) is 0 Å². The molecule has 1 aliphatic rings. The molecule has 0 saturated carbocycles. The lowest BCUT2D eigenvalue weighted by Gasteiger charge is -2.20. The zero-order valence-electron chi connectivity index (χ0n) is 14.0. The summed E-state index contributed by atoms with van der Waals surface area (Å²) in [7, 11) is 0. The predicted octanol–water partition coefficient (Wildman–Crippen LogP) is 4.77. The zero-order chi connectivity index (χ0) is 17.2. The lowest BCUT2D eigenvalue weighted by atomic mass is 9.91. The van der Waals surface area contributed by atoms with Crippen molar-refractivity contribution in [3.05, 3.63) is 71.8 Å². The van der Waals surface area contributed by atoms with Crippen molar-refractivity contribution in [1.29, 1.82) is 0 Å². The SMILES string of the molecule is CCBr.O=C(ON1CCCC1)C(c1ccccc1)c1ccccc1. The largest absolute Gasteiger partial charge is 0.367 e. The van der Waals surface area contributed by atoms with E-state index < -0.39 is 0 Å². The fourth-order valence-corrected chi connectivity index (χ4v) is 2.71. The zero-order valence-corrected chi connectivity index (χ0v) is 15.6. The third kappa shape index (κ3) is 5.46. The highest BCUT2D eigenvalue weighted by Gasteiger charge is 2.27. The average Bonchev–Trinajstić information content (AvgIpc) is 3.11. The molecule has 0 N–H and O–H groups in total. The number of carbonyl (C=O) groups excluding carboxylic acids is 1. The number of halogens is 1. The Balaban J connectivity index is 0.000000647. The van der Waals surface area contributed by atoms with Crippen LogP contribution in [-0.2, 0) is 9.63 Å². The maximum absolute atomic E-state index is 12.6. The summed E-state index contributed by atoms with van der Waals surface area (Å²) in [4.78, 5) is 18.2. The van der Waals surface area contributed by atoms with Gasteiger partial charge in [-0.15, -0.1) is 5.06 Å². The monoisotopic (exact) mass is 389 g/mol. The minimum absolute atomic E-state index is 0.200. The van der Waals surface area contributed by atoms with Gasteiger partial charge in [-0.1, -0.05) is 83.5 Å². The number of hydrogen-bond donors (Lipinski definition) is 0. The van der Waals surface area contributed by atoms with Crippen molar-refractivity contribution in [2.24, 2.45) is 0 Å². The van der Waals surface area contributed by atoms with E-state index in [9.17, 15) is 4.79 Å². The van der Waals surface area contributed by atoms with E-state index in [4.69, 9.17) is 4.84 Å². The molecule has 2 aromatic carbocycles. The van der Waals surface area contributed by atoms with Crippen LogP contribution in [0.5, 0.6) is 0 Å². The summed E-state index contributed by atoms with van der Waals surface area (Å²) < 4.78 is 0. The molecule has 0 aliphatic carbocycles. The normalized spacial score (nSPS) is 14.1. The van der Waals surface area contributed by atoms with Crippen molar-refractivity contribution in [2.45, 2.75) is 25.7 Å². The topological polar surface area (TPSA) is 29.5 Å². The summed E-state index contributed by atoms with van der Waals surface area (Å²) >= 11 is 3.15. The van der Waals surface area contributed by atoms with Gasteiger partial charge in [-0.05, 0) is 24.0 Å². The van der Waals surface area contributed by atoms with Gasteiger partial charge in [0.2, 0.25) is 0 Å². The van der Waals surface area contributed by atoms with Crippen LogP contribution in [0.2, 0.25) is 0 Å². The van der Waals surface area contributed by atoms with Gasteiger partial charge in [-0.25, -0.2) is 4.79 Å². The summed E-state index contributed by atoms with van der Waals surface area (Å²) in [6.45, 7) is 3.71. The van der Waals surface area contributed by atoms with E-state index in [0.29, 0.717) is 0 Å². The Kier molecular flexibility index (Phi) is 7.99. The standard InChI is InChI=1S/C18H19NO2.C2H5Br/c20-18(21-19-13-7-8-14-19)17(15-9-3-1-4-10-15)16-11-5-2-6-12-16;1-2-3/h1-6,9-12,17H,7-8,13-14H2;2H2,1H3. The molecule has 2 aromatic rings. The molecule has 0 amide bonds. The minimum atomic E-state index is -0.368. The molecule has 24 heavy (non-hydrogen) atoms. The second-order valence-corrected chi connectivity index (χ2v) is 6.69. The van der Waals surface area contributed by atoms with Crippen molar-refractivity contribution in [3.63, 3.8) is 0 Å². The molecule has 1 saturated heterocycles. The average molecular weight is 390 g/mol.